The predicted octanol–water partition coefficient (Wildman–Crippen LogP) is 2.75. The molecule has 0 bridgehead atoms. The van der Waals surface area contributed by atoms with Gasteiger partial charge in [-0.1, -0.05) is 19.3 Å². The second-order valence-electron chi connectivity index (χ2n) is 5.30. The maximum absolute atomic E-state index is 10.9. The molecule has 1 heterocycles. The summed E-state index contributed by atoms with van der Waals surface area (Å²) in [5, 5.41) is 14.2. The van der Waals surface area contributed by atoms with E-state index >= 15 is 0 Å². The number of nitrogens with zero attached hydrogens (tertiary/aromatic N) is 2. The van der Waals surface area contributed by atoms with Crippen LogP contribution in [0.25, 0.3) is 0 Å². The average Bonchev–Trinajstić information content (AvgIpc) is 2.53. The molecule has 0 spiro atoms. The number of thioether (sulfide) groups is 1. The van der Waals surface area contributed by atoms with Crippen LogP contribution in [0.1, 0.15) is 32.1 Å². The summed E-state index contributed by atoms with van der Waals surface area (Å²) >= 11 is 1.87. The number of hydrogen-bond donors (Lipinski definition) is 3. The molecule has 0 saturated heterocycles. The lowest BCUT2D eigenvalue weighted by Crippen LogP contribution is -2.35. The first-order valence-electron chi connectivity index (χ1n) is 7.01. The van der Waals surface area contributed by atoms with Crippen molar-refractivity contribution in [3.8, 4) is 0 Å². The molecule has 21 heavy (non-hydrogen) atoms. The predicted molar refractivity (Wildman–Crippen MR) is 86.5 cm³/mol. The van der Waals surface area contributed by atoms with Crippen LogP contribution in [0.3, 0.4) is 0 Å². The Morgan fingerprint density at radius 2 is 2.05 bits per heavy atom. The smallest absolute Gasteiger partial charge is 0.276 e. The van der Waals surface area contributed by atoms with Gasteiger partial charge in [-0.15, -0.1) is 0 Å². The Morgan fingerprint density at radius 3 is 2.62 bits per heavy atom. The minimum atomic E-state index is -0.446. The van der Waals surface area contributed by atoms with Gasteiger partial charge in [0.25, 0.3) is 5.69 Å². The monoisotopic (exact) mass is 311 g/mol. The highest BCUT2D eigenvalue weighted by Crippen LogP contribution is 2.38. The number of nitrogens with one attached hydrogen (secondary N) is 2. The van der Waals surface area contributed by atoms with Gasteiger partial charge in [0.2, 0.25) is 0 Å². The van der Waals surface area contributed by atoms with Gasteiger partial charge in [-0.25, -0.2) is 10.8 Å². The van der Waals surface area contributed by atoms with Crippen molar-refractivity contribution in [3.05, 3.63) is 22.2 Å². The van der Waals surface area contributed by atoms with Crippen molar-refractivity contribution < 1.29 is 4.92 Å². The Hall–Kier alpha value is -1.54. The van der Waals surface area contributed by atoms with E-state index in [0.717, 1.165) is 19.4 Å². The zero-order chi connectivity index (χ0) is 15.3. The van der Waals surface area contributed by atoms with Crippen LogP contribution < -0.4 is 16.6 Å². The normalized spacial score (nSPS) is 17.2. The minimum Gasteiger partial charge on any atom is -0.368 e. The van der Waals surface area contributed by atoms with Crippen molar-refractivity contribution in [2.45, 2.75) is 36.9 Å². The molecule has 1 aliphatic rings. The van der Waals surface area contributed by atoms with E-state index < -0.39 is 4.92 Å². The summed E-state index contributed by atoms with van der Waals surface area (Å²) in [6.45, 7) is 0.756. The molecule has 0 aromatic carbocycles. The number of pyridine rings is 1. The maximum Gasteiger partial charge on any atom is 0.276 e. The third kappa shape index (κ3) is 3.98. The number of rotatable bonds is 6. The molecule has 0 amide bonds. The maximum atomic E-state index is 10.9. The van der Waals surface area contributed by atoms with Crippen molar-refractivity contribution in [1.29, 1.82) is 0 Å². The standard InChI is InChI=1S/C13H21N5O2S/c1-21-13(5-3-2-4-6-13)9-15-11-7-10(18(19)20)8-12(16-11)17-14/h7-8H,2-6,9,14H2,1H3,(H2,15,16,17). The van der Waals surface area contributed by atoms with Gasteiger partial charge in [-0.3, -0.25) is 10.1 Å². The van der Waals surface area contributed by atoms with Crippen molar-refractivity contribution in [1.82, 2.24) is 4.98 Å². The summed E-state index contributed by atoms with van der Waals surface area (Å²) in [6.07, 6.45) is 8.22. The summed E-state index contributed by atoms with van der Waals surface area (Å²) in [5.41, 5.74) is 2.34. The Bertz CT molecular complexity index is 505. The Kier molecular flexibility index (Phi) is 5.24. The summed E-state index contributed by atoms with van der Waals surface area (Å²) in [6, 6.07) is 2.76. The van der Waals surface area contributed by atoms with Gasteiger partial charge in [0.05, 0.1) is 17.1 Å². The van der Waals surface area contributed by atoms with Crippen LogP contribution >= 0.6 is 11.8 Å². The molecule has 7 nitrogen and oxygen atoms in total. The minimum absolute atomic E-state index is 0.0257. The molecule has 0 radical (unpaired) electrons. The third-order valence-corrected chi connectivity index (χ3v) is 5.38. The van der Waals surface area contributed by atoms with Gasteiger partial charge in [-0.2, -0.15) is 11.8 Å². The molecule has 2 rings (SSSR count). The molecule has 8 heteroatoms. The van der Waals surface area contributed by atoms with E-state index in [0.29, 0.717) is 5.82 Å². The lowest BCUT2D eigenvalue weighted by molar-refractivity contribution is -0.384. The topological polar surface area (TPSA) is 106 Å². The van der Waals surface area contributed by atoms with E-state index in [2.05, 4.69) is 22.0 Å². The molecule has 1 saturated carbocycles. The van der Waals surface area contributed by atoms with Gasteiger partial charge in [0, 0.05) is 11.3 Å². The summed E-state index contributed by atoms with van der Waals surface area (Å²) < 4.78 is 0.195. The zero-order valence-corrected chi connectivity index (χ0v) is 12.9. The Balaban J connectivity index is 2.11. The highest BCUT2D eigenvalue weighted by Gasteiger charge is 2.31. The first-order valence-corrected chi connectivity index (χ1v) is 8.23. The number of nitrogen functional groups attached to an aromatic ring is 1. The van der Waals surface area contributed by atoms with E-state index in [1.807, 2.05) is 11.8 Å². The van der Waals surface area contributed by atoms with E-state index in [4.69, 9.17) is 5.84 Å². The van der Waals surface area contributed by atoms with Crippen LogP contribution in [-0.4, -0.2) is 27.5 Å². The molecule has 0 aliphatic heterocycles. The van der Waals surface area contributed by atoms with Crippen LogP contribution in [0.5, 0.6) is 0 Å². The fourth-order valence-electron chi connectivity index (χ4n) is 2.69. The van der Waals surface area contributed by atoms with Crippen molar-refractivity contribution in [2.75, 3.05) is 23.5 Å². The number of hydrogen-bond acceptors (Lipinski definition) is 7. The molecular formula is C13H21N5O2S. The van der Waals surface area contributed by atoms with Crippen molar-refractivity contribution in [2.24, 2.45) is 5.84 Å². The number of hydrazine groups is 1. The molecule has 0 atom stereocenters. The number of nitro groups is 1. The van der Waals surface area contributed by atoms with E-state index in [-0.39, 0.29) is 16.3 Å². The lowest BCUT2D eigenvalue weighted by atomic mass is 9.88. The van der Waals surface area contributed by atoms with Gasteiger partial charge in [-0.05, 0) is 19.1 Å². The van der Waals surface area contributed by atoms with Crippen molar-refractivity contribution in [3.63, 3.8) is 0 Å². The number of anilines is 2. The van der Waals surface area contributed by atoms with Gasteiger partial charge >= 0.3 is 0 Å². The molecule has 1 aromatic heterocycles. The highest BCUT2D eigenvalue weighted by molar-refractivity contribution is 8.00. The molecule has 0 unspecified atom stereocenters. The van der Waals surface area contributed by atoms with Crippen LogP contribution in [0.4, 0.5) is 17.3 Å². The van der Waals surface area contributed by atoms with Crippen LogP contribution in [0, 0.1) is 10.1 Å². The molecular weight excluding hydrogens is 290 g/mol. The summed E-state index contributed by atoms with van der Waals surface area (Å²) in [4.78, 5) is 14.7. The molecule has 116 valence electrons. The van der Waals surface area contributed by atoms with Crippen LogP contribution in [-0.2, 0) is 0 Å². The third-order valence-electron chi connectivity index (χ3n) is 3.96. The first-order chi connectivity index (χ1) is 10.1. The number of aromatic nitrogens is 1. The summed E-state index contributed by atoms with van der Waals surface area (Å²) in [7, 11) is 0. The van der Waals surface area contributed by atoms with Crippen molar-refractivity contribution >= 4 is 29.1 Å². The molecule has 1 aromatic rings. The van der Waals surface area contributed by atoms with E-state index in [9.17, 15) is 10.1 Å². The van der Waals surface area contributed by atoms with Gasteiger partial charge in [0.1, 0.15) is 11.6 Å². The van der Waals surface area contributed by atoms with E-state index in [1.54, 1.807) is 0 Å². The SMILES string of the molecule is CSC1(CNc2cc([N+](=O)[O-])cc(NN)n2)CCCCC1. The van der Waals surface area contributed by atoms with Gasteiger partial charge in [0.15, 0.2) is 0 Å². The second-order valence-corrected chi connectivity index (χ2v) is 6.57. The quantitative estimate of drug-likeness (QED) is 0.421. The molecule has 1 aliphatic carbocycles. The number of nitrogens with two attached hydrogens (primary N) is 1. The first kappa shape index (κ1) is 15.8. The average molecular weight is 311 g/mol. The highest BCUT2D eigenvalue weighted by atomic mass is 32.2. The molecule has 4 N–H and O–H groups in total. The summed E-state index contributed by atoms with van der Waals surface area (Å²) in [5.74, 6) is 6.08. The van der Waals surface area contributed by atoms with Gasteiger partial charge < -0.3 is 10.7 Å². The fraction of sp³-hybridized carbons (Fsp3) is 0.615. The largest absolute Gasteiger partial charge is 0.368 e. The fourth-order valence-corrected chi connectivity index (χ4v) is 3.60. The van der Waals surface area contributed by atoms with Crippen LogP contribution in [0.2, 0.25) is 0 Å². The Morgan fingerprint density at radius 1 is 1.38 bits per heavy atom. The van der Waals surface area contributed by atoms with E-state index in [1.165, 1.54) is 31.4 Å². The lowest BCUT2D eigenvalue weighted by Gasteiger charge is -2.36. The van der Waals surface area contributed by atoms with Crippen LogP contribution in [0.15, 0.2) is 12.1 Å². The zero-order valence-electron chi connectivity index (χ0n) is 12.1. The second kappa shape index (κ2) is 6.95. The molecule has 1 fully saturated rings. The Labute approximate surface area is 128 Å².